The normalized spacial score (nSPS) is 38.5. The van der Waals surface area contributed by atoms with E-state index in [9.17, 15) is 0 Å². The van der Waals surface area contributed by atoms with E-state index in [4.69, 9.17) is 36.1 Å². The molecule has 4 unspecified atom stereocenters. The fourth-order valence-corrected chi connectivity index (χ4v) is 10.9. The van der Waals surface area contributed by atoms with Gasteiger partial charge in [-0.3, -0.25) is 0 Å². The molecule has 0 aromatic carbocycles. The minimum absolute atomic E-state index is 0.165. The van der Waals surface area contributed by atoms with Gasteiger partial charge < -0.3 is 36.1 Å². The van der Waals surface area contributed by atoms with E-state index in [1.54, 1.807) is 0 Å². The summed E-state index contributed by atoms with van der Waals surface area (Å²) in [5.41, 5.74) is 18.2. The predicted molar refractivity (Wildman–Crippen MR) is 185 cm³/mol. The van der Waals surface area contributed by atoms with Crippen LogP contribution in [-0.4, -0.2) is 71.0 Å². The predicted octanol–water partition coefficient (Wildman–Crippen LogP) is 6.69. The number of nitrogens with two attached hydrogens (primary N) is 3. The molecule has 4 fully saturated rings. The summed E-state index contributed by atoms with van der Waals surface area (Å²) in [6, 6.07) is 0. The molecule has 6 N–H and O–H groups in total. The maximum atomic E-state index is 7.00. The summed E-state index contributed by atoms with van der Waals surface area (Å²) in [5.74, 6) is 3.82. The second-order valence-electron chi connectivity index (χ2n) is 15.9. The minimum Gasteiger partial charge on any atom is -0.381 e. The lowest BCUT2D eigenvalue weighted by Gasteiger charge is -2.65. The van der Waals surface area contributed by atoms with Crippen molar-refractivity contribution in [3.63, 3.8) is 0 Å². The van der Waals surface area contributed by atoms with Crippen molar-refractivity contribution in [3.8, 4) is 0 Å². The standard InChI is InChI=1S/C38H73N3O4/c1-5-6-7-20-42-21-8-12-28(2)31-13-14-32-36-33(27-35(38(31,32)4)45-24-11-19-41)37(3)16-15-30(43-22-9-17-39)25-29(37)26-34(36)44-23-10-18-40/h28-36H,5-27,39-41H2,1-4H3/t28?,29?,30-,31?,32+,33+,34-,35+,36?,37+,38-/m1/s1. The monoisotopic (exact) mass is 636 g/mol. The van der Waals surface area contributed by atoms with Gasteiger partial charge in [-0.2, -0.15) is 0 Å². The van der Waals surface area contributed by atoms with Crippen molar-refractivity contribution in [1.29, 1.82) is 0 Å². The van der Waals surface area contributed by atoms with Crippen molar-refractivity contribution in [2.45, 2.75) is 142 Å². The topological polar surface area (TPSA) is 115 Å². The molecule has 45 heavy (non-hydrogen) atoms. The quantitative estimate of drug-likeness (QED) is 0.120. The highest BCUT2D eigenvalue weighted by molar-refractivity contribution is 5.15. The minimum atomic E-state index is 0.165. The summed E-state index contributed by atoms with van der Waals surface area (Å²) in [5, 5.41) is 0. The Balaban J connectivity index is 1.54. The summed E-state index contributed by atoms with van der Waals surface area (Å²) in [6.45, 7) is 16.3. The van der Waals surface area contributed by atoms with Gasteiger partial charge in [0, 0.05) is 38.4 Å². The maximum absolute atomic E-state index is 7.00. The van der Waals surface area contributed by atoms with Crippen LogP contribution in [0.15, 0.2) is 0 Å². The lowest BCUT2D eigenvalue weighted by atomic mass is 9.43. The van der Waals surface area contributed by atoms with E-state index >= 15 is 0 Å². The Kier molecular flexibility index (Phi) is 15.4. The van der Waals surface area contributed by atoms with Crippen molar-refractivity contribution in [2.75, 3.05) is 52.7 Å². The Labute approximate surface area is 277 Å². The molecule has 0 radical (unpaired) electrons. The third-order valence-electron chi connectivity index (χ3n) is 13.3. The first-order chi connectivity index (χ1) is 21.8. The largest absolute Gasteiger partial charge is 0.381 e. The van der Waals surface area contributed by atoms with Crippen LogP contribution in [0.25, 0.3) is 0 Å². The Bertz CT molecular complexity index is 833. The molecule has 7 nitrogen and oxygen atoms in total. The zero-order chi connectivity index (χ0) is 32.3. The molecule has 0 aromatic rings. The van der Waals surface area contributed by atoms with Crippen LogP contribution in [0.3, 0.4) is 0 Å². The summed E-state index contributed by atoms with van der Waals surface area (Å²) in [4.78, 5) is 0. The van der Waals surface area contributed by atoms with Crippen LogP contribution in [0.4, 0.5) is 0 Å². The van der Waals surface area contributed by atoms with Crippen LogP contribution >= 0.6 is 0 Å². The molecule has 4 aliphatic carbocycles. The molecule has 4 aliphatic rings. The smallest absolute Gasteiger partial charge is 0.0637 e. The Morgan fingerprint density at radius 2 is 1.40 bits per heavy atom. The van der Waals surface area contributed by atoms with Crippen LogP contribution in [0.2, 0.25) is 0 Å². The van der Waals surface area contributed by atoms with E-state index < -0.39 is 0 Å². The summed E-state index contributed by atoms with van der Waals surface area (Å²) in [7, 11) is 0. The highest BCUT2D eigenvalue weighted by Gasteiger charge is 2.66. The molecule has 0 aromatic heterocycles. The molecular formula is C38H73N3O4. The van der Waals surface area contributed by atoms with Crippen molar-refractivity contribution in [2.24, 2.45) is 63.5 Å². The summed E-state index contributed by atoms with van der Waals surface area (Å²) in [6.07, 6.45) is 18.4. The van der Waals surface area contributed by atoms with Crippen molar-refractivity contribution in [3.05, 3.63) is 0 Å². The second kappa shape index (κ2) is 18.5. The molecule has 0 bridgehead atoms. The molecule has 0 amide bonds. The van der Waals surface area contributed by atoms with Crippen LogP contribution in [-0.2, 0) is 18.9 Å². The Hall–Kier alpha value is -0.280. The highest BCUT2D eigenvalue weighted by Crippen LogP contribution is 2.69. The van der Waals surface area contributed by atoms with Gasteiger partial charge in [0.25, 0.3) is 0 Å². The van der Waals surface area contributed by atoms with Crippen LogP contribution in [0, 0.1) is 46.3 Å². The van der Waals surface area contributed by atoms with Crippen LogP contribution in [0.1, 0.15) is 124 Å². The molecule has 4 saturated carbocycles. The van der Waals surface area contributed by atoms with E-state index in [-0.39, 0.29) is 11.5 Å². The Morgan fingerprint density at radius 1 is 0.711 bits per heavy atom. The third kappa shape index (κ3) is 8.85. The van der Waals surface area contributed by atoms with Gasteiger partial charge in [-0.05, 0) is 144 Å². The molecule has 264 valence electrons. The first kappa shape index (κ1) is 37.5. The molecule has 0 aliphatic heterocycles. The summed E-state index contributed by atoms with van der Waals surface area (Å²) < 4.78 is 26.3. The first-order valence-electron chi connectivity index (χ1n) is 19.4. The van der Waals surface area contributed by atoms with Gasteiger partial charge in [0.2, 0.25) is 0 Å². The number of unbranched alkanes of at least 4 members (excludes halogenated alkanes) is 2. The van der Waals surface area contributed by atoms with Gasteiger partial charge in [0.05, 0.1) is 18.3 Å². The van der Waals surface area contributed by atoms with Crippen molar-refractivity contribution in [1.82, 2.24) is 0 Å². The SMILES string of the molecule is CCCCCOCCCC(C)C1CC[C@H]2C3[C@H](OCCCN)CC4C[C@H](OCCCN)CC[C@]4(C)[C@H]3C[C@H](OCCCN)[C@]12C. The fourth-order valence-electron chi connectivity index (χ4n) is 10.9. The van der Waals surface area contributed by atoms with Crippen LogP contribution < -0.4 is 17.2 Å². The lowest BCUT2D eigenvalue weighted by molar-refractivity contribution is -0.227. The van der Waals surface area contributed by atoms with Gasteiger partial charge in [-0.1, -0.05) is 40.5 Å². The van der Waals surface area contributed by atoms with Gasteiger partial charge in [-0.25, -0.2) is 0 Å². The molecule has 7 heteroatoms. The van der Waals surface area contributed by atoms with Crippen molar-refractivity contribution >= 4 is 0 Å². The van der Waals surface area contributed by atoms with Crippen LogP contribution in [0.5, 0.6) is 0 Å². The van der Waals surface area contributed by atoms with E-state index in [1.165, 1.54) is 57.8 Å². The average Bonchev–Trinajstić information content (AvgIpc) is 3.39. The van der Waals surface area contributed by atoms with Crippen molar-refractivity contribution < 1.29 is 18.9 Å². The molecule has 0 heterocycles. The molecule has 4 rings (SSSR count). The number of rotatable bonds is 21. The van der Waals surface area contributed by atoms with E-state index in [1.807, 2.05) is 0 Å². The highest BCUT2D eigenvalue weighted by atomic mass is 16.5. The lowest BCUT2D eigenvalue weighted by Crippen LogP contribution is -2.63. The molecule has 0 saturated heterocycles. The zero-order valence-corrected chi connectivity index (χ0v) is 29.8. The van der Waals surface area contributed by atoms with Gasteiger partial charge in [-0.15, -0.1) is 0 Å². The van der Waals surface area contributed by atoms with E-state index in [0.29, 0.717) is 72.8 Å². The fraction of sp³-hybridized carbons (Fsp3) is 1.00. The Morgan fingerprint density at radius 3 is 2.11 bits per heavy atom. The molecular weight excluding hydrogens is 562 g/mol. The average molecular weight is 636 g/mol. The summed E-state index contributed by atoms with van der Waals surface area (Å²) >= 11 is 0. The van der Waals surface area contributed by atoms with Gasteiger partial charge in [0.1, 0.15) is 0 Å². The first-order valence-corrected chi connectivity index (χ1v) is 19.4. The molecule has 11 atom stereocenters. The number of ether oxygens (including phenoxy) is 4. The zero-order valence-electron chi connectivity index (χ0n) is 29.8. The van der Waals surface area contributed by atoms with Gasteiger partial charge in [0.15, 0.2) is 0 Å². The molecule has 0 spiro atoms. The number of fused-ring (bicyclic) bond motifs is 5. The number of hydrogen-bond acceptors (Lipinski definition) is 7. The van der Waals surface area contributed by atoms with E-state index in [0.717, 1.165) is 71.6 Å². The van der Waals surface area contributed by atoms with E-state index in [2.05, 4.69) is 27.7 Å². The third-order valence-corrected chi connectivity index (χ3v) is 13.3. The maximum Gasteiger partial charge on any atom is 0.0637 e. The van der Waals surface area contributed by atoms with Gasteiger partial charge >= 0.3 is 0 Å². The second-order valence-corrected chi connectivity index (χ2v) is 15.9. The number of hydrogen-bond donors (Lipinski definition) is 3.